The van der Waals surface area contributed by atoms with Gasteiger partial charge >= 0.3 is 0 Å². The van der Waals surface area contributed by atoms with Crippen LogP contribution in [0.15, 0.2) is 12.1 Å². The fourth-order valence-electron chi connectivity index (χ4n) is 2.76. The van der Waals surface area contributed by atoms with Gasteiger partial charge in [-0.3, -0.25) is 14.9 Å². The van der Waals surface area contributed by atoms with Gasteiger partial charge in [-0.05, 0) is 24.3 Å². The Bertz CT molecular complexity index is 577. The lowest BCUT2D eigenvalue weighted by atomic mass is 9.98. The lowest BCUT2D eigenvalue weighted by Gasteiger charge is -2.16. The molecule has 1 saturated carbocycles. The first-order valence-electron chi connectivity index (χ1n) is 6.91. The fraction of sp³-hybridized carbons (Fsp3) is 0.500. The summed E-state index contributed by atoms with van der Waals surface area (Å²) < 4.78 is 13.3. The summed E-state index contributed by atoms with van der Waals surface area (Å²) in [5.41, 5.74) is 4.34. The molecule has 114 valence electrons. The van der Waals surface area contributed by atoms with E-state index in [0.717, 1.165) is 25.3 Å². The highest BCUT2D eigenvalue weighted by Gasteiger charge is 2.26. The van der Waals surface area contributed by atoms with E-state index >= 15 is 0 Å². The number of anilines is 1. The first-order chi connectivity index (χ1) is 9.90. The average molecular weight is 295 g/mol. The smallest absolute Gasteiger partial charge is 0.285 e. The molecule has 0 radical (unpaired) electrons. The quantitative estimate of drug-likeness (QED) is 0.506. The third-order valence-electron chi connectivity index (χ3n) is 4.12. The van der Waals surface area contributed by atoms with Gasteiger partial charge in [-0.2, -0.15) is 0 Å². The molecular formula is C14H18FN3O3. The summed E-state index contributed by atoms with van der Waals surface area (Å²) >= 11 is 0. The van der Waals surface area contributed by atoms with Crippen molar-refractivity contribution < 1.29 is 14.1 Å². The molecule has 0 saturated heterocycles. The summed E-state index contributed by atoms with van der Waals surface area (Å²) in [5, 5.41) is 13.6. The van der Waals surface area contributed by atoms with Gasteiger partial charge in [-0.1, -0.05) is 19.8 Å². The third-order valence-corrected chi connectivity index (χ3v) is 4.12. The van der Waals surface area contributed by atoms with Crippen molar-refractivity contribution in [1.29, 1.82) is 0 Å². The van der Waals surface area contributed by atoms with Gasteiger partial charge in [0.05, 0.1) is 16.7 Å². The van der Waals surface area contributed by atoms with Crippen molar-refractivity contribution in [3.8, 4) is 0 Å². The van der Waals surface area contributed by atoms with Gasteiger partial charge < -0.3 is 11.1 Å². The number of nitro benzene ring substituents is 1. The number of halogens is 1. The maximum Gasteiger partial charge on any atom is 0.285 e. The van der Waals surface area contributed by atoms with E-state index in [0.29, 0.717) is 24.4 Å². The van der Waals surface area contributed by atoms with E-state index in [9.17, 15) is 19.3 Å². The maximum atomic E-state index is 13.3. The minimum atomic E-state index is -0.900. The maximum absolute atomic E-state index is 13.3. The minimum Gasteiger partial charge on any atom is -0.396 e. The van der Waals surface area contributed by atoms with E-state index in [1.165, 1.54) is 0 Å². The number of rotatable bonds is 4. The molecule has 1 aromatic carbocycles. The molecule has 0 heterocycles. The van der Waals surface area contributed by atoms with E-state index in [2.05, 4.69) is 12.2 Å². The molecule has 0 spiro atoms. The topological polar surface area (TPSA) is 98.3 Å². The van der Waals surface area contributed by atoms with Crippen LogP contribution in [0.25, 0.3) is 0 Å². The zero-order valence-electron chi connectivity index (χ0n) is 11.8. The van der Waals surface area contributed by atoms with Crippen molar-refractivity contribution in [2.24, 2.45) is 11.8 Å². The lowest BCUT2D eigenvalue weighted by Crippen LogP contribution is -2.30. The summed E-state index contributed by atoms with van der Waals surface area (Å²) in [6.07, 6.45) is 3.30. The van der Waals surface area contributed by atoms with Crippen LogP contribution in [-0.4, -0.2) is 17.4 Å². The Morgan fingerprint density at radius 2 is 2.24 bits per heavy atom. The van der Waals surface area contributed by atoms with Crippen molar-refractivity contribution in [3.63, 3.8) is 0 Å². The van der Waals surface area contributed by atoms with E-state index in [1.807, 2.05) is 0 Å². The third kappa shape index (κ3) is 3.29. The number of benzene rings is 1. The monoisotopic (exact) mass is 295 g/mol. The van der Waals surface area contributed by atoms with Gasteiger partial charge in [0.15, 0.2) is 5.82 Å². The number of nitrogens with two attached hydrogens (primary N) is 1. The first kappa shape index (κ1) is 15.2. The molecule has 1 aromatic rings. The Morgan fingerprint density at radius 1 is 1.52 bits per heavy atom. The van der Waals surface area contributed by atoms with Gasteiger partial charge in [0.25, 0.3) is 11.6 Å². The van der Waals surface area contributed by atoms with Crippen molar-refractivity contribution >= 4 is 17.3 Å². The molecule has 1 aliphatic carbocycles. The van der Waals surface area contributed by atoms with Gasteiger partial charge in [-0.25, -0.2) is 4.39 Å². The number of carbonyl (C=O) groups is 1. The van der Waals surface area contributed by atoms with Gasteiger partial charge in [-0.15, -0.1) is 0 Å². The van der Waals surface area contributed by atoms with Gasteiger partial charge in [0.2, 0.25) is 0 Å². The van der Waals surface area contributed by atoms with Crippen LogP contribution >= 0.6 is 0 Å². The van der Waals surface area contributed by atoms with Gasteiger partial charge in [0.1, 0.15) is 5.56 Å². The first-order valence-corrected chi connectivity index (χ1v) is 6.91. The Balaban J connectivity index is 2.14. The fourth-order valence-corrected chi connectivity index (χ4v) is 2.76. The molecule has 21 heavy (non-hydrogen) atoms. The van der Waals surface area contributed by atoms with Gasteiger partial charge in [0, 0.05) is 6.54 Å². The molecule has 2 rings (SSSR count). The van der Waals surface area contributed by atoms with Crippen molar-refractivity contribution in [2.45, 2.75) is 26.2 Å². The summed E-state index contributed by atoms with van der Waals surface area (Å²) in [6, 6.07) is 1.70. The van der Waals surface area contributed by atoms with E-state index in [-0.39, 0.29) is 11.3 Å². The summed E-state index contributed by atoms with van der Waals surface area (Å²) in [6.45, 7) is 2.59. The van der Waals surface area contributed by atoms with E-state index in [4.69, 9.17) is 5.73 Å². The largest absolute Gasteiger partial charge is 0.396 e. The predicted molar refractivity (Wildman–Crippen MR) is 76.3 cm³/mol. The second-order valence-corrected chi connectivity index (χ2v) is 5.53. The molecule has 1 aliphatic rings. The normalized spacial score (nSPS) is 21.2. The number of carbonyl (C=O) groups excluding carboxylic acids is 1. The molecule has 1 fully saturated rings. The molecule has 0 aliphatic heterocycles. The van der Waals surface area contributed by atoms with Crippen LogP contribution in [0.4, 0.5) is 15.8 Å². The molecule has 1 amide bonds. The second kappa shape index (κ2) is 6.07. The average Bonchev–Trinajstić information content (AvgIpc) is 2.84. The summed E-state index contributed by atoms with van der Waals surface area (Å²) in [4.78, 5) is 22.2. The molecular weight excluding hydrogens is 277 g/mol. The van der Waals surface area contributed by atoms with Crippen molar-refractivity contribution in [1.82, 2.24) is 5.32 Å². The molecule has 0 aromatic heterocycles. The molecule has 6 nitrogen and oxygen atoms in total. The minimum absolute atomic E-state index is 0.204. The Hall–Kier alpha value is -2.18. The van der Waals surface area contributed by atoms with E-state index < -0.39 is 22.3 Å². The Kier molecular flexibility index (Phi) is 4.40. The number of nitrogens with one attached hydrogen (secondary N) is 1. The van der Waals surface area contributed by atoms with E-state index in [1.54, 1.807) is 0 Å². The predicted octanol–water partition coefficient (Wildman–Crippen LogP) is 2.48. The van der Waals surface area contributed by atoms with Crippen LogP contribution in [0.1, 0.15) is 36.5 Å². The molecule has 2 atom stereocenters. The highest BCUT2D eigenvalue weighted by atomic mass is 19.1. The molecule has 3 N–H and O–H groups in total. The number of hydrogen-bond donors (Lipinski definition) is 2. The van der Waals surface area contributed by atoms with Crippen LogP contribution in [0, 0.1) is 27.8 Å². The zero-order chi connectivity index (χ0) is 15.6. The Morgan fingerprint density at radius 3 is 2.81 bits per heavy atom. The number of amides is 1. The molecule has 0 bridgehead atoms. The zero-order valence-corrected chi connectivity index (χ0v) is 11.8. The number of nitrogen functional groups attached to an aromatic ring is 1. The highest BCUT2D eigenvalue weighted by Crippen LogP contribution is 2.30. The van der Waals surface area contributed by atoms with Crippen LogP contribution in [0.3, 0.4) is 0 Å². The molecule has 7 heteroatoms. The Labute approximate surface area is 121 Å². The van der Waals surface area contributed by atoms with Crippen LogP contribution in [0.2, 0.25) is 0 Å². The summed E-state index contributed by atoms with van der Waals surface area (Å²) in [5.74, 6) is -0.584. The van der Waals surface area contributed by atoms with Crippen molar-refractivity contribution in [3.05, 3.63) is 33.6 Å². The van der Waals surface area contributed by atoms with Crippen LogP contribution < -0.4 is 11.1 Å². The highest BCUT2D eigenvalue weighted by molar-refractivity contribution is 5.99. The number of nitrogens with zero attached hydrogens (tertiary/aromatic N) is 1. The standard InChI is InChI=1S/C14H18FN3O3/c1-8-3-2-4-9(8)7-17-14(19)10-5-12(16)11(15)6-13(10)18(20)21/h5-6,8-9H,2-4,7,16H2,1H3,(H,17,19). The molecule has 2 unspecified atom stereocenters. The van der Waals surface area contributed by atoms with Crippen LogP contribution in [0.5, 0.6) is 0 Å². The summed E-state index contributed by atoms with van der Waals surface area (Å²) in [7, 11) is 0. The second-order valence-electron chi connectivity index (χ2n) is 5.53. The SMILES string of the molecule is CC1CCCC1CNC(=O)c1cc(N)c(F)cc1[N+](=O)[O-]. The lowest BCUT2D eigenvalue weighted by molar-refractivity contribution is -0.385. The number of hydrogen-bond acceptors (Lipinski definition) is 4. The van der Waals surface area contributed by atoms with Crippen LogP contribution in [-0.2, 0) is 0 Å². The number of nitro groups is 1. The van der Waals surface area contributed by atoms with Crippen molar-refractivity contribution in [2.75, 3.05) is 12.3 Å².